The highest BCUT2D eigenvalue weighted by Gasteiger charge is 2.04. The highest BCUT2D eigenvalue weighted by Crippen LogP contribution is 2.04. The van der Waals surface area contributed by atoms with Crippen LogP contribution >= 0.6 is 0 Å². The third-order valence-corrected chi connectivity index (χ3v) is 2.38. The lowest BCUT2D eigenvalue weighted by Gasteiger charge is -2.04. The van der Waals surface area contributed by atoms with Crippen molar-refractivity contribution in [1.29, 1.82) is 0 Å². The van der Waals surface area contributed by atoms with Crippen LogP contribution in [0.15, 0.2) is 36.7 Å². The number of nitrogens with zero attached hydrogens (tertiary/aromatic N) is 1. The minimum Gasteiger partial charge on any atom is -0.399 e. The summed E-state index contributed by atoms with van der Waals surface area (Å²) in [6.07, 6.45) is 4.14. The van der Waals surface area contributed by atoms with E-state index in [0.717, 1.165) is 5.82 Å². The molecule has 2 rings (SSSR count). The summed E-state index contributed by atoms with van der Waals surface area (Å²) in [7, 11) is 0. The van der Waals surface area contributed by atoms with Crippen molar-refractivity contribution in [2.45, 2.75) is 6.42 Å². The number of anilines is 1. The van der Waals surface area contributed by atoms with Gasteiger partial charge in [0.05, 0.1) is 0 Å². The average molecular weight is 230 g/mol. The Bertz CT molecular complexity index is 476. The van der Waals surface area contributed by atoms with Crippen LogP contribution in [0, 0.1) is 0 Å². The summed E-state index contributed by atoms with van der Waals surface area (Å²) in [6.45, 7) is 0.552. The van der Waals surface area contributed by atoms with Crippen molar-refractivity contribution in [3.8, 4) is 0 Å². The number of rotatable bonds is 4. The second-order valence-electron chi connectivity index (χ2n) is 3.66. The summed E-state index contributed by atoms with van der Waals surface area (Å²) in [6, 6.07) is 6.83. The summed E-state index contributed by atoms with van der Waals surface area (Å²) in [5, 5.41) is 2.82. The molecule has 0 aliphatic carbocycles. The molecule has 0 fully saturated rings. The summed E-state index contributed by atoms with van der Waals surface area (Å²) >= 11 is 0. The lowest BCUT2D eigenvalue weighted by atomic mass is 10.2. The number of carbonyl (C=O) groups excluding carboxylic acids is 1. The van der Waals surface area contributed by atoms with Crippen LogP contribution in [0.3, 0.4) is 0 Å². The molecule has 1 aromatic heterocycles. The van der Waals surface area contributed by atoms with Crippen LogP contribution in [0.1, 0.15) is 16.2 Å². The molecule has 2 aromatic rings. The average Bonchev–Trinajstić information content (AvgIpc) is 2.83. The van der Waals surface area contributed by atoms with Gasteiger partial charge in [-0.25, -0.2) is 4.98 Å². The van der Waals surface area contributed by atoms with Gasteiger partial charge in [0.25, 0.3) is 5.91 Å². The number of carbonyl (C=O) groups is 1. The van der Waals surface area contributed by atoms with Crippen molar-refractivity contribution in [3.05, 3.63) is 48.0 Å². The van der Waals surface area contributed by atoms with Crippen LogP contribution in [0.5, 0.6) is 0 Å². The first-order valence-electron chi connectivity index (χ1n) is 5.38. The number of nitrogens with one attached hydrogen (secondary N) is 2. The van der Waals surface area contributed by atoms with Gasteiger partial charge in [-0.2, -0.15) is 0 Å². The molecule has 0 aliphatic heterocycles. The van der Waals surface area contributed by atoms with Gasteiger partial charge >= 0.3 is 0 Å². The molecule has 0 saturated carbocycles. The van der Waals surface area contributed by atoms with E-state index < -0.39 is 0 Å². The number of amides is 1. The van der Waals surface area contributed by atoms with Crippen molar-refractivity contribution >= 4 is 11.6 Å². The van der Waals surface area contributed by atoms with Gasteiger partial charge in [0.2, 0.25) is 0 Å². The van der Waals surface area contributed by atoms with E-state index in [1.807, 2.05) is 0 Å². The van der Waals surface area contributed by atoms with E-state index in [0.29, 0.717) is 24.2 Å². The van der Waals surface area contributed by atoms with Crippen molar-refractivity contribution in [1.82, 2.24) is 15.3 Å². The van der Waals surface area contributed by atoms with Crippen molar-refractivity contribution < 1.29 is 4.79 Å². The van der Waals surface area contributed by atoms with Crippen LogP contribution in [-0.2, 0) is 6.42 Å². The third kappa shape index (κ3) is 3.07. The Kier molecular flexibility index (Phi) is 3.40. The SMILES string of the molecule is Nc1ccc(C(=O)NCCc2ncc[nH]2)cc1. The van der Waals surface area contributed by atoms with Crippen LogP contribution in [0.4, 0.5) is 5.69 Å². The number of imidazole rings is 1. The van der Waals surface area contributed by atoms with Crippen LogP contribution in [-0.4, -0.2) is 22.4 Å². The van der Waals surface area contributed by atoms with Crippen molar-refractivity contribution in [2.24, 2.45) is 0 Å². The Hall–Kier alpha value is -2.30. The van der Waals surface area contributed by atoms with Gasteiger partial charge in [0.1, 0.15) is 5.82 Å². The van der Waals surface area contributed by atoms with Crippen molar-refractivity contribution in [2.75, 3.05) is 12.3 Å². The van der Waals surface area contributed by atoms with E-state index in [1.165, 1.54) is 0 Å². The van der Waals surface area contributed by atoms with E-state index >= 15 is 0 Å². The molecule has 0 atom stereocenters. The molecule has 1 aromatic carbocycles. The number of hydrogen-bond acceptors (Lipinski definition) is 3. The van der Waals surface area contributed by atoms with E-state index in [1.54, 1.807) is 36.7 Å². The van der Waals surface area contributed by atoms with E-state index in [-0.39, 0.29) is 5.91 Å². The van der Waals surface area contributed by atoms with E-state index in [2.05, 4.69) is 15.3 Å². The molecule has 5 heteroatoms. The lowest BCUT2D eigenvalue weighted by Crippen LogP contribution is -2.25. The maximum absolute atomic E-state index is 11.7. The molecule has 1 heterocycles. The quantitative estimate of drug-likeness (QED) is 0.684. The van der Waals surface area contributed by atoms with Crippen LogP contribution < -0.4 is 11.1 Å². The lowest BCUT2D eigenvalue weighted by molar-refractivity contribution is 0.0954. The van der Waals surface area contributed by atoms with Gasteiger partial charge < -0.3 is 16.0 Å². The summed E-state index contributed by atoms with van der Waals surface area (Å²) < 4.78 is 0. The molecular formula is C12H14N4O. The molecular weight excluding hydrogens is 216 g/mol. The predicted octanol–water partition coefficient (Wildman–Crippen LogP) is 0.964. The zero-order valence-electron chi connectivity index (χ0n) is 9.31. The van der Waals surface area contributed by atoms with E-state index in [9.17, 15) is 4.79 Å². The minimum atomic E-state index is -0.100. The van der Waals surface area contributed by atoms with Gasteiger partial charge in [-0.05, 0) is 24.3 Å². The normalized spacial score (nSPS) is 10.1. The summed E-state index contributed by atoms with van der Waals surface area (Å²) in [4.78, 5) is 18.8. The molecule has 88 valence electrons. The number of nitrogen functional groups attached to an aromatic ring is 1. The Morgan fingerprint density at radius 2 is 2.12 bits per heavy atom. The first-order chi connectivity index (χ1) is 8.25. The van der Waals surface area contributed by atoms with Crippen LogP contribution in [0.25, 0.3) is 0 Å². The van der Waals surface area contributed by atoms with Gasteiger partial charge in [-0.1, -0.05) is 0 Å². The van der Waals surface area contributed by atoms with Gasteiger partial charge in [-0.15, -0.1) is 0 Å². The number of nitrogens with two attached hydrogens (primary N) is 1. The molecule has 0 aliphatic rings. The second-order valence-corrected chi connectivity index (χ2v) is 3.66. The first-order valence-corrected chi connectivity index (χ1v) is 5.38. The van der Waals surface area contributed by atoms with Crippen molar-refractivity contribution in [3.63, 3.8) is 0 Å². The van der Waals surface area contributed by atoms with E-state index in [4.69, 9.17) is 5.73 Å². The standard InChI is InChI=1S/C12H14N4O/c13-10-3-1-9(2-4-10)12(17)16-6-5-11-14-7-8-15-11/h1-4,7-8H,5-6,13H2,(H,14,15)(H,16,17). The molecule has 0 radical (unpaired) electrons. The maximum Gasteiger partial charge on any atom is 0.251 e. The Morgan fingerprint density at radius 3 is 2.76 bits per heavy atom. The number of aromatic amines is 1. The smallest absolute Gasteiger partial charge is 0.251 e. The number of aromatic nitrogens is 2. The molecule has 5 nitrogen and oxygen atoms in total. The molecule has 0 saturated heterocycles. The zero-order valence-corrected chi connectivity index (χ0v) is 9.31. The van der Waals surface area contributed by atoms with Gasteiger partial charge in [0, 0.05) is 36.6 Å². The molecule has 0 bridgehead atoms. The highest BCUT2D eigenvalue weighted by molar-refractivity contribution is 5.94. The fourth-order valence-electron chi connectivity index (χ4n) is 1.47. The van der Waals surface area contributed by atoms with Gasteiger partial charge in [-0.3, -0.25) is 4.79 Å². The number of hydrogen-bond donors (Lipinski definition) is 3. The molecule has 0 spiro atoms. The molecule has 17 heavy (non-hydrogen) atoms. The Balaban J connectivity index is 1.83. The fraction of sp³-hybridized carbons (Fsp3) is 0.167. The summed E-state index contributed by atoms with van der Waals surface area (Å²) in [5.41, 5.74) is 6.81. The maximum atomic E-state index is 11.7. The van der Waals surface area contributed by atoms with Gasteiger partial charge in [0.15, 0.2) is 0 Å². The zero-order chi connectivity index (χ0) is 12.1. The number of H-pyrrole nitrogens is 1. The Morgan fingerprint density at radius 1 is 1.35 bits per heavy atom. The monoisotopic (exact) mass is 230 g/mol. The topological polar surface area (TPSA) is 83.8 Å². The molecule has 0 unspecified atom stereocenters. The largest absolute Gasteiger partial charge is 0.399 e. The minimum absolute atomic E-state index is 0.100. The highest BCUT2D eigenvalue weighted by atomic mass is 16.1. The third-order valence-electron chi connectivity index (χ3n) is 2.38. The molecule has 4 N–H and O–H groups in total. The Labute approximate surface area is 99.1 Å². The first kappa shape index (κ1) is 11.2. The number of benzene rings is 1. The van der Waals surface area contributed by atoms with Crippen LogP contribution in [0.2, 0.25) is 0 Å². The molecule has 1 amide bonds. The summed E-state index contributed by atoms with van der Waals surface area (Å²) in [5.74, 6) is 0.763. The second kappa shape index (κ2) is 5.16. The predicted molar refractivity (Wildman–Crippen MR) is 65.5 cm³/mol. The fourth-order valence-corrected chi connectivity index (χ4v) is 1.47.